The summed E-state index contributed by atoms with van der Waals surface area (Å²) in [7, 11) is 0. The quantitative estimate of drug-likeness (QED) is 0.882. The molecule has 3 unspecified atom stereocenters. The van der Waals surface area contributed by atoms with E-state index in [0.29, 0.717) is 23.0 Å². The summed E-state index contributed by atoms with van der Waals surface area (Å²) >= 11 is 12.4. The smallest absolute Gasteiger partial charge is 0.226 e. The molecule has 130 valence electrons. The van der Waals surface area contributed by atoms with Crippen LogP contribution in [0.2, 0.25) is 10.0 Å². The average Bonchev–Trinajstić information content (AvgIpc) is 3.37. The Balaban J connectivity index is 1.61. The molecule has 24 heavy (non-hydrogen) atoms. The Hall–Kier alpha value is -1.26. The maximum absolute atomic E-state index is 12.8. The molecule has 0 radical (unpaired) electrons. The van der Waals surface area contributed by atoms with Gasteiger partial charge in [0.15, 0.2) is 0 Å². The van der Waals surface area contributed by atoms with E-state index in [1.165, 1.54) is 0 Å². The van der Waals surface area contributed by atoms with Crippen molar-refractivity contribution in [2.75, 3.05) is 13.1 Å². The first-order valence-corrected chi connectivity index (χ1v) is 9.29. The Morgan fingerprint density at radius 1 is 1.33 bits per heavy atom. The van der Waals surface area contributed by atoms with Crippen LogP contribution in [0.1, 0.15) is 44.1 Å². The van der Waals surface area contributed by atoms with Crippen LogP contribution in [-0.4, -0.2) is 35.8 Å². The Bertz CT molecular complexity index is 650. The third kappa shape index (κ3) is 3.70. The summed E-state index contributed by atoms with van der Waals surface area (Å²) in [5, 5.41) is 4.10. The summed E-state index contributed by atoms with van der Waals surface area (Å²) in [6.45, 7) is 3.21. The predicted octanol–water partition coefficient (Wildman–Crippen LogP) is 3.61. The van der Waals surface area contributed by atoms with E-state index in [1.54, 1.807) is 6.07 Å². The number of hydrogen-bond acceptors (Lipinski definition) is 2. The van der Waals surface area contributed by atoms with Crippen LogP contribution >= 0.6 is 23.2 Å². The van der Waals surface area contributed by atoms with Gasteiger partial charge in [-0.05, 0) is 36.8 Å². The van der Waals surface area contributed by atoms with E-state index in [9.17, 15) is 9.59 Å². The van der Waals surface area contributed by atoms with Crippen LogP contribution in [0, 0.1) is 5.92 Å². The summed E-state index contributed by atoms with van der Waals surface area (Å²) in [6, 6.07) is 5.66. The lowest BCUT2D eigenvalue weighted by Crippen LogP contribution is -2.50. The van der Waals surface area contributed by atoms with Crippen LogP contribution in [-0.2, 0) is 9.59 Å². The Morgan fingerprint density at radius 2 is 2.12 bits per heavy atom. The molecular formula is C18H22Cl2N2O2. The summed E-state index contributed by atoms with van der Waals surface area (Å²) in [5.41, 5.74) is 0.968. The van der Waals surface area contributed by atoms with Crippen molar-refractivity contribution in [2.24, 2.45) is 5.92 Å². The monoisotopic (exact) mass is 368 g/mol. The molecule has 6 heteroatoms. The molecule has 2 fully saturated rings. The highest BCUT2D eigenvalue weighted by Gasteiger charge is 2.47. The normalized spacial score (nSPS) is 26.1. The fourth-order valence-corrected chi connectivity index (χ4v) is 3.93. The van der Waals surface area contributed by atoms with E-state index in [1.807, 2.05) is 24.0 Å². The fraction of sp³-hybridized carbons (Fsp3) is 0.556. The highest BCUT2D eigenvalue weighted by Crippen LogP contribution is 2.51. The topological polar surface area (TPSA) is 49.4 Å². The third-order valence-electron chi connectivity index (χ3n) is 4.91. The maximum atomic E-state index is 12.8. The zero-order valence-electron chi connectivity index (χ0n) is 13.7. The number of likely N-dealkylation sites (tertiary alicyclic amines) is 1. The molecule has 2 amide bonds. The van der Waals surface area contributed by atoms with Crippen molar-refractivity contribution in [2.45, 2.75) is 44.6 Å². The van der Waals surface area contributed by atoms with Crippen molar-refractivity contribution < 1.29 is 9.59 Å². The van der Waals surface area contributed by atoms with Gasteiger partial charge in [0.2, 0.25) is 11.8 Å². The van der Waals surface area contributed by atoms with Gasteiger partial charge < -0.3 is 10.2 Å². The third-order valence-corrected chi connectivity index (χ3v) is 5.74. The highest BCUT2D eigenvalue weighted by molar-refractivity contribution is 6.42. The minimum Gasteiger partial charge on any atom is -0.352 e. The molecule has 0 aromatic heterocycles. The lowest BCUT2D eigenvalue weighted by molar-refractivity contribution is -0.135. The van der Waals surface area contributed by atoms with Gasteiger partial charge in [-0.3, -0.25) is 9.59 Å². The predicted molar refractivity (Wildman–Crippen MR) is 95.3 cm³/mol. The maximum Gasteiger partial charge on any atom is 0.226 e. The number of amides is 2. The second kappa shape index (κ2) is 7.32. The molecular weight excluding hydrogens is 347 g/mol. The number of hydrogen-bond donors (Lipinski definition) is 1. The van der Waals surface area contributed by atoms with Crippen molar-refractivity contribution in [3.05, 3.63) is 33.8 Å². The number of nitrogens with one attached hydrogen (secondary N) is 1. The first-order chi connectivity index (χ1) is 11.5. The van der Waals surface area contributed by atoms with Gasteiger partial charge in [0.1, 0.15) is 0 Å². The molecule has 1 aliphatic carbocycles. The zero-order valence-corrected chi connectivity index (χ0v) is 15.2. The number of benzene rings is 1. The number of carbonyl (C=O) groups is 2. The van der Waals surface area contributed by atoms with Crippen LogP contribution in [0.3, 0.4) is 0 Å². The molecule has 2 aliphatic rings. The van der Waals surface area contributed by atoms with Crippen LogP contribution < -0.4 is 5.32 Å². The lowest BCUT2D eigenvalue weighted by Gasteiger charge is -2.33. The summed E-state index contributed by atoms with van der Waals surface area (Å²) < 4.78 is 0. The SMILES string of the molecule is CCC(=O)NC1CCCN(C(=O)C2CC2c2cccc(Cl)c2Cl)C1. The van der Waals surface area contributed by atoms with Gasteiger partial charge in [-0.25, -0.2) is 0 Å². The molecule has 1 saturated heterocycles. The van der Waals surface area contributed by atoms with E-state index in [2.05, 4.69) is 5.32 Å². The molecule has 4 nitrogen and oxygen atoms in total. The number of halogens is 2. The zero-order chi connectivity index (χ0) is 17.3. The first-order valence-electron chi connectivity index (χ1n) is 8.53. The van der Waals surface area contributed by atoms with Gasteiger partial charge in [0.25, 0.3) is 0 Å². The van der Waals surface area contributed by atoms with Gasteiger partial charge in [-0.1, -0.05) is 42.3 Å². The molecule has 3 atom stereocenters. The van der Waals surface area contributed by atoms with Crippen molar-refractivity contribution in [1.29, 1.82) is 0 Å². The first kappa shape index (κ1) is 17.6. The van der Waals surface area contributed by atoms with Crippen molar-refractivity contribution in [1.82, 2.24) is 10.2 Å². The average molecular weight is 369 g/mol. The van der Waals surface area contributed by atoms with E-state index < -0.39 is 0 Å². The summed E-state index contributed by atoms with van der Waals surface area (Å²) in [5.74, 6) is 0.367. The molecule has 3 rings (SSSR count). The van der Waals surface area contributed by atoms with E-state index in [4.69, 9.17) is 23.2 Å². The van der Waals surface area contributed by atoms with E-state index >= 15 is 0 Å². The van der Waals surface area contributed by atoms with Crippen LogP contribution in [0.15, 0.2) is 18.2 Å². The number of rotatable bonds is 4. The minimum absolute atomic E-state index is 0.0124. The largest absolute Gasteiger partial charge is 0.352 e. The van der Waals surface area contributed by atoms with E-state index in [-0.39, 0.29) is 29.7 Å². The van der Waals surface area contributed by atoms with E-state index in [0.717, 1.165) is 31.4 Å². The molecule has 1 aliphatic heterocycles. The molecule has 1 saturated carbocycles. The highest BCUT2D eigenvalue weighted by atomic mass is 35.5. The van der Waals surface area contributed by atoms with Gasteiger partial charge in [-0.15, -0.1) is 0 Å². The van der Waals surface area contributed by atoms with Gasteiger partial charge in [-0.2, -0.15) is 0 Å². The lowest BCUT2D eigenvalue weighted by atomic mass is 10.0. The molecule has 0 bridgehead atoms. The Labute approximate surface area is 152 Å². The van der Waals surface area contributed by atoms with Crippen molar-refractivity contribution >= 4 is 35.0 Å². The fourth-order valence-electron chi connectivity index (χ4n) is 3.48. The molecule has 1 aromatic carbocycles. The number of piperidine rings is 1. The Kier molecular flexibility index (Phi) is 5.36. The molecule has 1 N–H and O–H groups in total. The van der Waals surface area contributed by atoms with Gasteiger partial charge >= 0.3 is 0 Å². The van der Waals surface area contributed by atoms with Crippen molar-refractivity contribution in [3.8, 4) is 0 Å². The second-order valence-corrected chi connectivity index (χ2v) is 7.42. The second-order valence-electron chi connectivity index (χ2n) is 6.64. The minimum atomic E-state index is -0.0124. The van der Waals surface area contributed by atoms with Gasteiger partial charge in [0.05, 0.1) is 10.0 Å². The van der Waals surface area contributed by atoms with Crippen molar-refractivity contribution in [3.63, 3.8) is 0 Å². The summed E-state index contributed by atoms with van der Waals surface area (Å²) in [4.78, 5) is 26.2. The van der Waals surface area contributed by atoms with Crippen LogP contribution in [0.4, 0.5) is 0 Å². The number of nitrogens with zero attached hydrogens (tertiary/aromatic N) is 1. The Morgan fingerprint density at radius 3 is 2.88 bits per heavy atom. The molecule has 0 spiro atoms. The molecule has 1 aromatic rings. The molecule has 1 heterocycles. The van der Waals surface area contributed by atoms with Crippen LogP contribution in [0.25, 0.3) is 0 Å². The van der Waals surface area contributed by atoms with Crippen LogP contribution in [0.5, 0.6) is 0 Å². The summed E-state index contributed by atoms with van der Waals surface area (Å²) in [6.07, 6.45) is 3.16. The number of carbonyl (C=O) groups excluding carboxylic acids is 2. The standard InChI is InChI=1S/C18H22Cl2N2O2/c1-2-16(23)21-11-5-4-8-22(10-11)18(24)14-9-13(14)12-6-3-7-15(19)17(12)20/h3,6-7,11,13-14H,2,4-5,8-10H2,1H3,(H,21,23). The van der Waals surface area contributed by atoms with Gasteiger partial charge in [0, 0.05) is 31.5 Å².